The molecule has 0 aliphatic carbocycles. The lowest BCUT2D eigenvalue weighted by atomic mass is 9.89. The van der Waals surface area contributed by atoms with Crippen molar-refractivity contribution in [1.82, 2.24) is 9.88 Å². The van der Waals surface area contributed by atoms with Gasteiger partial charge in [0.25, 0.3) is 0 Å². The van der Waals surface area contributed by atoms with Crippen LogP contribution in [0, 0.1) is 0 Å². The Labute approximate surface area is 132 Å². The minimum absolute atomic E-state index is 0.375. The molecule has 0 unspecified atom stereocenters. The number of likely N-dealkylation sites (tertiary alicyclic amines) is 1. The van der Waals surface area contributed by atoms with Crippen LogP contribution in [0.2, 0.25) is 0 Å². The molecule has 1 fully saturated rings. The molecule has 3 rings (SSSR count). The van der Waals surface area contributed by atoms with Crippen LogP contribution in [-0.2, 0) is 13.0 Å². The SMILES string of the molecule is CCc1ccc(CN2CCC(c3cccc(O)c3)CC2)nc1. The molecule has 1 aliphatic heterocycles. The highest BCUT2D eigenvalue weighted by molar-refractivity contribution is 5.30. The van der Waals surface area contributed by atoms with Gasteiger partial charge in [0.1, 0.15) is 5.75 Å². The third-order valence-corrected chi connectivity index (χ3v) is 4.61. The predicted molar refractivity (Wildman–Crippen MR) is 89.0 cm³/mol. The molecule has 3 nitrogen and oxygen atoms in total. The maximum absolute atomic E-state index is 9.61. The summed E-state index contributed by atoms with van der Waals surface area (Å²) < 4.78 is 0. The van der Waals surface area contributed by atoms with Gasteiger partial charge in [-0.05, 0) is 67.6 Å². The number of benzene rings is 1. The van der Waals surface area contributed by atoms with Crippen molar-refractivity contribution in [1.29, 1.82) is 0 Å². The monoisotopic (exact) mass is 296 g/mol. The lowest BCUT2D eigenvalue weighted by Gasteiger charge is -2.32. The Morgan fingerprint density at radius 2 is 2.00 bits per heavy atom. The molecule has 3 heteroatoms. The first kappa shape index (κ1) is 15.0. The minimum atomic E-state index is 0.375. The van der Waals surface area contributed by atoms with Crippen LogP contribution < -0.4 is 0 Å². The molecule has 1 N–H and O–H groups in total. The summed E-state index contributed by atoms with van der Waals surface area (Å²) in [4.78, 5) is 7.04. The fourth-order valence-corrected chi connectivity index (χ4v) is 3.19. The Morgan fingerprint density at radius 3 is 2.64 bits per heavy atom. The second-order valence-electron chi connectivity index (χ2n) is 6.16. The fourth-order valence-electron chi connectivity index (χ4n) is 3.19. The summed E-state index contributed by atoms with van der Waals surface area (Å²) in [6, 6.07) is 12.1. The van der Waals surface area contributed by atoms with Crippen LogP contribution in [0.4, 0.5) is 0 Å². The van der Waals surface area contributed by atoms with E-state index in [1.54, 1.807) is 6.07 Å². The average Bonchev–Trinajstić information content (AvgIpc) is 2.56. The number of hydrogen-bond acceptors (Lipinski definition) is 3. The molecule has 22 heavy (non-hydrogen) atoms. The van der Waals surface area contributed by atoms with E-state index in [-0.39, 0.29) is 0 Å². The maximum Gasteiger partial charge on any atom is 0.115 e. The normalized spacial score (nSPS) is 16.8. The molecule has 0 atom stereocenters. The summed E-state index contributed by atoms with van der Waals surface area (Å²) in [5.74, 6) is 0.943. The van der Waals surface area contributed by atoms with Gasteiger partial charge in [-0.3, -0.25) is 9.88 Å². The van der Waals surface area contributed by atoms with E-state index in [2.05, 4.69) is 35.0 Å². The second-order valence-corrected chi connectivity index (χ2v) is 6.16. The van der Waals surface area contributed by atoms with Crippen LogP contribution in [0.1, 0.15) is 42.5 Å². The summed E-state index contributed by atoms with van der Waals surface area (Å²) in [6.45, 7) is 5.29. The minimum Gasteiger partial charge on any atom is -0.508 e. The molecule has 0 saturated carbocycles. The Morgan fingerprint density at radius 1 is 1.18 bits per heavy atom. The Hall–Kier alpha value is -1.87. The van der Waals surface area contributed by atoms with Crippen LogP contribution in [-0.4, -0.2) is 28.1 Å². The quantitative estimate of drug-likeness (QED) is 0.934. The number of hydrogen-bond donors (Lipinski definition) is 1. The average molecular weight is 296 g/mol. The highest BCUT2D eigenvalue weighted by Crippen LogP contribution is 2.30. The topological polar surface area (TPSA) is 36.4 Å². The molecule has 1 aromatic carbocycles. The van der Waals surface area contributed by atoms with Gasteiger partial charge in [0.15, 0.2) is 0 Å². The highest BCUT2D eigenvalue weighted by Gasteiger charge is 2.21. The van der Waals surface area contributed by atoms with E-state index in [9.17, 15) is 5.11 Å². The lowest BCUT2D eigenvalue weighted by Crippen LogP contribution is -2.32. The van der Waals surface area contributed by atoms with E-state index in [4.69, 9.17) is 0 Å². The Kier molecular flexibility index (Phi) is 4.74. The van der Waals surface area contributed by atoms with Crippen LogP contribution in [0.25, 0.3) is 0 Å². The summed E-state index contributed by atoms with van der Waals surface area (Å²) in [6.07, 6.45) is 5.34. The largest absolute Gasteiger partial charge is 0.508 e. The van der Waals surface area contributed by atoms with Crippen molar-refractivity contribution in [3.8, 4) is 5.75 Å². The van der Waals surface area contributed by atoms with E-state index < -0.39 is 0 Å². The third kappa shape index (κ3) is 3.66. The number of phenolic OH excluding ortho intramolecular Hbond substituents is 1. The van der Waals surface area contributed by atoms with Crippen molar-refractivity contribution in [2.24, 2.45) is 0 Å². The first-order chi connectivity index (χ1) is 10.7. The number of aromatic nitrogens is 1. The molecular formula is C19H24N2O. The molecule has 0 radical (unpaired) electrons. The van der Waals surface area contributed by atoms with Crippen molar-refractivity contribution in [2.75, 3.05) is 13.1 Å². The van der Waals surface area contributed by atoms with Crippen LogP contribution in [0.15, 0.2) is 42.6 Å². The molecule has 2 aromatic rings. The van der Waals surface area contributed by atoms with Gasteiger partial charge in [-0.2, -0.15) is 0 Å². The molecule has 0 bridgehead atoms. The van der Waals surface area contributed by atoms with Crippen LogP contribution >= 0.6 is 0 Å². The van der Waals surface area contributed by atoms with Crippen LogP contribution in [0.3, 0.4) is 0 Å². The summed E-state index contributed by atoms with van der Waals surface area (Å²) >= 11 is 0. The lowest BCUT2D eigenvalue weighted by molar-refractivity contribution is 0.202. The molecule has 116 valence electrons. The Bertz CT molecular complexity index is 601. The number of nitrogens with zero attached hydrogens (tertiary/aromatic N) is 2. The van der Waals surface area contributed by atoms with Gasteiger partial charge in [-0.1, -0.05) is 25.1 Å². The zero-order valence-corrected chi connectivity index (χ0v) is 13.2. The molecule has 1 saturated heterocycles. The van der Waals surface area contributed by atoms with Crippen molar-refractivity contribution in [3.63, 3.8) is 0 Å². The van der Waals surface area contributed by atoms with E-state index in [0.717, 1.165) is 44.6 Å². The summed E-state index contributed by atoms with van der Waals surface area (Å²) in [5.41, 5.74) is 3.73. The number of phenols is 1. The van der Waals surface area contributed by atoms with Crippen molar-refractivity contribution >= 4 is 0 Å². The van der Waals surface area contributed by atoms with E-state index >= 15 is 0 Å². The molecular weight excluding hydrogens is 272 g/mol. The third-order valence-electron chi connectivity index (χ3n) is 4.61. The van der Waals surface area contributed by atoms with Crippen molar-refractivity contribution < 1.29 is 5.11 Å². The van der Waals surface area contributed by atoms with E-state index in [1.807, 2.05) is 18.3 Å². The number of aryl methyl sites for hydroxylation is 1. The standard InChI is InChI=1S/C19H24N2O/c1-2-15-6-7-18(20-13-15)14-21-10-8-16(9-11-21)17-4-3-5-19(22)12-17/h3-7,12-13,16,22H,2,8-11,14H2,1H3. The highest BCUT2D eigenvalue weighted by atomic mass is 16.3. The Balaban J connectivity index is 1.55. The van der Waals surface area contributed by atoms with Crippen LogP contribution in [0.5, 0.6) is 5.75 Å². The summed E-state index contributed by atoms with van der Waals surface area (Å²) in [5, 5.41) is 9.61. The van der Waals surface area contributed by atoms with Gasteiger partial charge in [0.05, 0.1) is 5.69 Å². The van der Waals surface area contributed by atoms with Gasteiger partial charge < -0.3 is 5.11 Å². The van der Waals surface area contributed by atoms with Crippen molar-refractivity contribution in [3.05, 3.63) is 59.4 Å². The number of piperidine rings is 1. The molecule has 1 aliphatic rings. The van der Waals surface area contributed by atoms with E-state index in [0.29, 0.717) is 11.7 Å². The smallest absolute Gasteiger partial charge is 0.115 e. The van der Waals surface area contributed by atoms with Gasteiger partial charge in [-0.25, -0.2) is 0 Å². The zero-order chi connectivity index (χ0) is 15.4. The predicted octanol–water partition coefficient (Wildman–Crippen LogP) is 3.73. The molecule has 1 aromatic heterocycles. The van der Waals surface area contributed by atoms with E-state index in [1.165, 1.54) is 11.1 Å². The molecule has 2 heterocycles. The first-order valence-electron chi connectivity index (χ1n) is 8.19. The van der Waals surface area contributed by atoms with Gasteiger partial charge in [0.2, 0.25) is 0 Å². The van der Waals surface area contributed by atoms with Gasteiger partial charge >= 0.3 is 0 Å². The molecule has 0 spiro atoms. The summed E-state index contributed by atoms with van der Waals surface area (Å²) in [7, 11) is 0. The zero-order valence-electron chi connectivity index (χ0n) is 13.2. The second kappa shape index (κ2) is 6.93. The number of pyridine rings is 1. The number of rotatable bonds is 4. The van der Waals surface area contributed by atoms with Crippen molar-refractivity contribution in [2.45, 2.75) is 38.6 Å². The fraction of sp³-hybridized carbons (Fsp3) is 0.421. The molecule has 0 amide bonds. The number of aromatic hydroxyl groups is 1. The maximum atomic E-state index is 9.61. The van der Waals surface area contributed by atoms with Gasteiger partial charge in [-0.15, -0.1) is 0 Å². The van der Waals surface area contributed by atoms with Gasteiger partial charge in [0, 0.05) is 12.7 Å². The first-order valence-corrected chi connectivity index (χ1v) is 8.19.